The molecule has 13 heavy (non-hydrogen) atoms. The zero-order chi connectivity index (χ0) is 10.0. The monoisotopic (exact) mass is 212 g/mol. The maximum atomic E-state index is 9.78. The van der Waals surface area contributed by atoms with E-state index in [0.29, 0.717) is 5.75 Å². The lowest BCUT2D eigenvalue weighted by Crippen LogP contribution is -1.94. The van der Waals surface area contributed by atoms with Gasteiger partial charge in [0, 0.05) is 5.56 Å². The fraction of sp³-hybridized carbons (Fsp3) is 0.300. The Morgan fingerprint density at radius 2 is 2.00 bits per heavy atom. The highest BCUT2D eigenvalue weighted by atomic mass is 32.2. The number of aryl methyl sites for hydroxylation is 1. The fourth-order valence-corrected chi connectivity index (χ4v) is 1.63. The normalized spacial score (nSPS) is 10.1. The van der Waals surface area contributed by atoms with Crippen LogP contribution in [0.5, 0.6) is 5.75 Å². The molecule has 1 rings (SSSR count). The molecular formula is C10H12OS2. The van der Waals surface area contributed by atoms with Gasteiger partial charge in [-0.15, -0.1) is 11.8 Å². The average molecular weight is 212 g/mol. The Morgan fingerprint density at radius 1 is 1.38 bits per heavy atom. The molecule has 0 unspecified atom stereocenters. The van der Waals surface area contributed by atoms with Crippen LogP contribution in [-0.4, -0.2) is 15.6 Å². The van der Waals surface area contributed by atoms with Crippen LogP contribution in [0.3, 0.4) is 0 Å². The van der Waals surface area contributed by atoms with Gasteiger partial charge >= 0.3 is 0 Å². The van der Waals surface area contributed by atoms with Crippen molar-refractivity contribution >= 4 is 28.2 Å². The third kappa shape index (κ3) is 2.03. The highest BCUT2D eigenvalue weighted by molar-refractivity contribution is 8.23. The summed E-state index contributed by atoms with van der Waals surface area (Å²) in [7, 11) is 0. The van der Waals surface area contributed by atoms with Crippen LogP contribution in [-0.2, 0) is 0 Å². The molecule has 70 valence electrons. The minimum absolute atomic E-state index is 0.319. The maximum absolute atomic E-state index is 9.78. The Bertz CT molecular complexity index is 345. The molecule has 0 saturated heterocycles. The molecule has 1 nitrogen and oxygen atoms in total. The molecule has 0 bridgehead atoms. The number of hydrogen-bond donors (Lipinski definition) is 1. The predicted octanol–water partition coefficient (Wildman–Crippen LogP) is 3.05. The van der Waals surface area contributed by atoms with Crippen LogP contribution >= 0.6 is 24.0 Å². The number of aromatic hydroxyl groups is 1. The highest BCUT2D eigenvalue weighted by Gasteiger charge is 2.09. The van der Waals surface area contributed by atoms with E-state index in [1.807, 2.05) is 32.2 Å². The van der Waals surface area contributed by atoms with Crippen LogP contribution in [0.25, 0.3) is 0 Å². The predicted molar refractivity (Wildman–Crippen MR) is 62.8 cm³/mol. The van der Waals surface area contributed by atoms with Gasteiger partial charge in [-0.05, 0) is 37.3 Å². The Kier molecular flexibility index (Phi) is 3.33. The third-order valence-electron chi connectivity index (χ3n) is 2.11. The zero-order valence-electron chi connectivity index (χ0n) is 7.92. The zero-order valence-corrected chi connectivity index (χ0v) is 9.55. The molecule has 1 aromatic carbocycles. The number of thiocarbonyl (C=S) groups is 1. The number of thioether (sulfide) groups is 1. The molecule has 0 aliphatic heterocycles. The minimum Gasteiger partial charge on any atom is -0.507 e. The van der Waals surface area contributed by atoms with E-state index in [2.05, 4.69) is 0 Å². The van der Waals surface area contributed by atoms with E-state index in [-0.39, 0.29) is 0 Å². The van der Waals surface area contributed by atoms with Crippen LogP contribution in [0.2, 0.25) is 0 Å². The molecule has 3 heteroatoms. The molecule has 0 saturated carbocycles. The van der Waals surface area contributed by atoms with Crippen molar-refractivity contribution < 1.29 is 5.11 Å². The number of benzene rings is 1. The first-order valence-electron chi connectivity index (χ1n) is 3.95. The Hall–Kier alpha value is -0.540. The van der Waals surface area contributed by atoms with Crippen molar-refractivity contribution in [3.63, 3.8) is 0 Å². The van der Waals surface area contributed by atoms with Gasteiger partial charge in [0.25, 0.3) is 0 Å². The molecule has 0 amide bonds. The lowest BCUT2D eigenvalue weighted by Gasteiger charge is -2.08. The maximum Gasteiger partial charge on any atom is 0.127 e. The Morgan fingerprint density at radius 3 is 2.54 bits per heavy atom. The molecule has 0 radical (unpaired) electrons. The molecule has 1 N–H and O–H groups in total. The van der Waals surface area contributed by atoms with Crippen molar-refractivity contribution in [2.24, 2.45) is 0 Å². The van der Waals surface area contributed by atoms with E-state index >= 15 is 0 Å². The molecule has 0 spiro atoms. The first-order chi connectivity index (χ1) is 6.07. The molecule has 0 heterocycles. The molecule has 0 aromatic heterocycles. The molecule has 0 fully saturated rings. The standard InChI is InChI=1S/C10H12OS2/c1-6-4-5-8(10(12)13-3)9(11)7(6)2/h4-5,11H,1-3H3. The van der Waals surface area contributed by atoms with Crippen LogP contribution in [0, 0.1) is 13.8 Å². The molecule has 0 aliphatic carbocycles. The summed E-state index contributed by atoms with van der Waals surface area (Å²) in [6.45, 7) is 3.87. The Labute approximate surface area is 88.2 Å². The van der Waals surface area contributed by atoms with Gasteiger partial charge in [0.1, 0.15) is 5.75 Å². The number of phenolic OH excluding ortho intramolecular Hbond substituents is 1. The molecule has 1 aromatic rings. The molecule has 0 aliphatic rings. The van der Waals surface area contributed by atoms with Crippen LogP contribution < -0.4 is 0 Å². The van der Waals surface area contributed by atoms with E-state index < -0.39 is 0 Å². The van der Waals surface area contributed by atoms with E-state index in [0.717, 1.165) is 20.9 Å². The molecular weight excluding hydrogens is 200 g/mol. The van der Waals surface area contributed by atoms with Crippen molar-refractivity contribution in [3.05, 3.63) is 28.8 Å². The van der Waals surface area contributed by atoms with Gasteiger partial charge in [0.2, 0.25) is 0 Å². The lowest BCUT2D eigenvalue weighted by molar-refractivity contribution is 0.470. The van der Waals surface area contributed by atoms with E-state index in [1.165, 1.54) is 11.8 Å². The number of hydrogen-bond acceptors (Lipinski definition) is 3. The van der Waals surface area contributed by atoms with Crippen molar-refractivity contribution in [1.82, 2.24) is 0 Å². The highest BCUT2D eigenvalue weighted by Crippen LogP contribution is 2.27. The van der Waals surface area contributed by atoms with Crippen molar-refractivity contribution in [2.75, 3.05) is 6.26 Å². The van der Waals surface area contributed by atoms with Gasteiger partial charge in [-0.1, -0.05) is 18.3 Å². The lowest BCUT2D eigenvalue weighted by atomic mass is 10.1. The van der Waals surface area contributed by atoms with Gasteiger partial charge in [-0.3, -0.25) is 0 Å². The minimum atomic E-state index is 0.319. The second-order valence-corrected chi connectivity index (χ2v) is 4.38. The second-order valence-electron chi connectivity index (χ2n) is 2.90. The summed E-state index contributed by atoms with van der Waals surface area (Å²) in [5.74, 6) is 0.319. The topological polar surface area (TPSA) is 20.2 Å². The summed E-state index contributed by atoms with van der Waals surface area (Å²) in [6, 6.07) is 3.85. The van der Waals surface area contributed by atoms with Crippen LogP contribution in [0.1, 0.15) is 16.7 Å². The average Bonchev–Trinajstić information content (AvgIpc) is 2.13. The largest absolute Gasteiger partial charge is 0.507 e. The summed E-state index contributed by atoms with van der Waals surface area (Å²) < 4.78 is 0.737. The van der Waals surface area contributed by atoms with Crippen LogP contribution in [0.15, 0.2) is 12.1 Å². The van der Waals surface area contributed by atoms with E-state index in [4.69, 9.17) is 12.2 Å². The van der Waals surface area contributed by atoms with Gasteiger partial charge < -0.3 is 5.11 Å². The van der Waals surface area contributed by atoms with Gasteiger partial charge in [-0.25, -0.2) is 0 Å². The van der Waals surface area contributed by atoms with Crippen molar-refractivity contribution in [1.29, 1.82) is 0 Å². The van der Waals surface area contributed by atoms with Crippen LogP contribution in [0.4, 0.5) is 0 Å². The SMILES string of the molecule is CSC(=S)c1ccc(C)c(C)c1O. The first kappa shape index (κ1) is 10.5. The number of phenols is 1. The summed E-state index contributed by atoms with van der Waals surface area (Å²) >= 11 is 6.59. The van der Waals surface area contributed by atoms with E-state index in [9.17, 15) is 5.11 Å². The Balaban J connectivity index is 3.26. The summed E-state index contributed by atoms with van der Waals surface area (Å²) in [5.41, 5.74) is 2.77. The van der Waals surface area contributed by atoms with Crippen molar-refractivity contribution in [3.8, 4) is 5.75 Å². The van der Waals surface area contributed by atoms with Gasteiger partial charge in [0.05, 0.1) is 4.20 Å². The third-order valence-corrected chi connectivity index (χ3v) is 3.42. The van der Waals surface area contributed by atoms with Gasteiger partial charge in [0.15, 0.2) is 0 Å². The first-order valence-corrected chi connectivity index (χ1v) is 5.58. The van der Waals surface area contributed by atoms with Gasteiger partial charge in [-0.2, -0.15) is 0 Å². The second kappa shape index (κ2) is 4.11. The van der Waals surface area contributed by atoms with E-state index in [1.54, 1.807) is 0 Å². The van der Waals surface area contributed by atoms with Crippen molar-refractivity contribution in [2.45, 2.75) is 13.8 Å². The smallest absolute Gasteiger partial charge is 0.127 e. The summed E-state index contributed by atoms with van der Waals surface area (Å²) in [6.07, 6.45) is 1.91. The molecule has 0 atom stereocenters. The summed E-state index contributed by atoms with van der Waals surface area (Å²) in [5, 5.41) is 9.78. The number of rotatable bonds is 1. The quantitative estimate of drug-likeness (QED) is 0.723. The fourth-order valence-electron chi connectivity index (χ4n) is 1.08. The summed E-state index contributed by atoms with van der Waals surface area (Å²) in [4.78, 5) is 0.